The maximum Gasteiger partial charge on any atom is 0.254 e. The zero-order valence-corrected chi connectivity index (χ0v) is 21.1. The van der Waals surface area contributed by atoms with Gasteiger partial charge >= 0.3 is 0 Å². The Hall–Kier alpha value is -3.71. The Morgan fingerprint density at radius 3 is 2.68 bits per heavy atom. The number of rotatable bonds is 6. The summed E-state index contributed by atoms with van der Waals surface area (Å²) in [6, 6.07) is 14.1. The number of nitrogens with zero attached hydrogens (tertiary/aromatic N) is 3. The maximum absolute atomic E-state index is 13.2. The minimum Gasteiger partial charge on any atom is -0.358 e. The monoisotopic (exact) mass is 495 g/mol. The fourth-order valence-corrected chi connectivity index (χ4v) is 5.80. The number of hydrogen-bond acceptors (Lipinski definition) is 4. The van der Waals surface area contributed by atoms with E-state index in [9.17, 15) is 9.59 Å². The van der Waals surface area contributed by atoms with Crippen molar-refractivity contribution in [3.8, 4) is 11.3 Å². The lowest BCUT2D eigenvalue weighted by molar-refractivity contribution is 0.0708. The molecule has 0 aliphatic carbocycles. The average molecular weight is 496 g/mol. The predicted molar refractivity (Wildman–Crippen MR) is 145 cm³/mol. The molecular formula is C30H33N5O2. The fourth-order valence-electron chi connectivity index (χ4n) is 5.80. The highest BCUT2D eigenvalue weighted by Gasteiger charge is 2.31. The molecule has 0 bridgehead atoms. The summed E-state index contributed by atoms with van der Waals surface area (Å²) in [4.78, 5) is 37.8. The van der Waals surface area contributed by atoms with Gasteiger partial charge in [-0.3, -0.25) is 14.6 Å². The van der Waals surface area contributed by atoms with Gasteiger partial charge in [0, 0.05) is 60.8 Å². The number of amides is 2. The zero-order valence-electron chi connectivity index (χ0n) is 21.1. The van der Waals surface area contributed by atoms with Gasteiger partial charge < -0.3 is 20.1 Å². The summed E-state index contributed by atoms with van der Waals surface area (Å²) in [5, 5.41) is 2.89. The van der Waals surface area contributed by atoms with Gasteiger partial charge in [-0.2, -0.15) is 0 Å². The van der Waals surface area contributed by atoms with Crippen molar-refractivity contribution in [2.75, 3.05) is 32.7 Å². The third-order valence-electron chi connectivity index (χ3n) is 7.81. The minimum atomic E-state index is -0.0216. The van der Waals surface area contributed by atoms with Gasteiger partial charge in [-0.15, -0.1) is 0 Å². The smallest absolute Gasteiger partial charge is 0.254 e. The van der Waals surface area contributed by atoms with Gasteiger partial charge in [0.15, 0.2) is 0 Å². The van der Waals surface area contributed by atoms with Crippen LogP contribution in [-0.4, -0.2) is 70.3 Å². The lowest BCUT2D eigenvalue weighted by Gasteiger charge is -2.28. The van der Waals surface area contributed by atoms with Gasteiger partial charge in [-0.1, -0.05) is 18.2 Å². The van der Waals surface area contributed by atoms with E-state index in [2.05, 4.69) is 25.1 Å². The number of aromatic nitrogens is 2. The molecule has 2 N–H and O–H groups in total. The third kappa shape index (κ3) is 5.09. The second-order valence-corrected chi connectivity index (χ2v) is 10.3. The molecule has 6 rings (SSSR count). The van der Waals surface area contributed by atoms with Crippen molar-refractivity contribution in [2.45, 2.75) is 38.1 Å². The van der Waals surface area contributed by atoms with Crippen LogP contribution in [0.1, 0.15) is 63.4 Å². The summed E-state index contributed by atoms with van der Waals surface area (Å²) >= 11 is 0. The van der Waals surface area contributed by atoms with E-state index in [1.165, 1.54) is 25.9 Å². The summed E-state index contributed by atoms with van der Waals surface area (Å²) in [7, 11) is 0. The molecule has 0 unspecified atom stereocenters. The number of fused-ring (bicyclic) bond motifs is 1. The topological polar surface area (TPSA) is 81.3 Å². The molecule has 37 heavy (non-hydrogen) atoms. The van der Waals surface area contributed by atoms with Crippen molar-refractivity contribution in [3.63, 3.8) is 0 Å². The molecule has 5 heterocycles. The Kier molecular flexibility index (Phi) is 6.62. The first-order valence-corrected chi connectivity index (χ1v) is 13.4. The predicted octanol–water partition coefficient (Wildman–Crippen LogP) is 4.23. The molecule has 2 saturated heterocycles. The molecule has 0 radical (unpaired) electrons. The Morgan fingerprint density at radius 1 is 1.03 bits per heavy atom. The van der Waals surface area contributed by atoms with E-state index < -0.39 is 0 Å². The van der Waals surface area contributed by atoms with Crippen LogP contribution < -0.4 is 5.32 Å². The highest BCUT2D eigenvalue weighted by atomic mass is 16.2. The number of aromatic amines is 1. The molecule has 190 valence electrons. The number of H-pyrrole nitrogens is 1. The molecule has 1 atom stereocenters. The Bertz CT molecular complexity index is 1320. The Morgan fingerprint density at radius 2 is 1.86 bits per heavy atom. The average Bonchev–Trinajstić information content (AvgIpc) is 3.70. The van der Waals surface area contributed by atoms with Crippen LogP contribution in [0.5, 0.6) is 0 Å². The van der Waals surface area contributed by atoms with Gasteiger partial charge in [-0.25, -0.2) is 0 Å². The SMILES string of the molecule is O=C1NCCc2[nH]c(-c3ccnc(/C=C\c4ccc(C(=O)N5CCC[C@@H]5CN5CCCC5)cc4)c3)cc21. The molecule has 0 saturated carbocycles. The second kappa shape index (κ2) is 10.3. The summed E-state index contributed by atoms with van der Waals surface area (Å²) in [5.74, 6) is 0.126. The van der Waals surface area contributed by atoms with Gasteiger partial charge in [-0.05, 0) is 80.7 Å². The zero-order chi connectivity index (χ0) is 25.2. The van der Waals surface area contributed by atoms with E-state index in [4.69, 9.17) is 0 Å². The maximum atomic E-state index is 13.2. The van der Waals surface area contributed by atoms with E-state index in [0.29, 0.717) is 12.6 Å². The van der Waals surface area contributed by atoms with Crippen molar-refractivity contribution in [1.29, 1.82) is 0 Å². The number of carbonyl (C=O) groups excluding carboxylic acids is 2. The number of hydrogen-bond donors (Lipinski definition) is 2. The van der Waals surface area contributed by atoms with Crippen LogP contribution in [0, 0.1) is 0 Å². The lowest BCUT2D eigenvalue weighted by atomic mass is 10.1. The van der Waals surface area contributed by atoms with Crippen LogP contribution in [0.15, 0.2) is 48.7 Å². The number of likely N-dealkylation sites (tertiary alicyclic amines) is 2. The summed E-state index contributed by atoms with van der Waals surface area (Å²) in [6.07, 6.45) is 11.3. The second-order valence-electron chi connectivity index (χ2n) is 10.3. The fraction of sp³-hybridized carbons (Fsp3) is 0.367. The van der Waals surface area contributed by atoms with Crippen LogP contribution in [0.25, 0.3) is 23.4 Å². The third-order valence-corrected chi connectivity index (χ3v) is 7.81. The number of carbonyl (C=O) groups is 2. The van der Waals surface area contributed by atoms with Gasteiger partial charge in [0.2, 0.25) is 0 Å². The molecule has 7 nitrogen and oxygen atoms in total. The highest BCUT2D eigenvalue weighted by molar-refractivity contribution is 5.98. The van der Waals surface area contributed by atoms with Crippen molar-refractivity contribution < 1.29 is 9.59 Å². The van der Waals surface area contributed by atoms with Crippen molar-refractivity contribution in [3.05, 3.63) is 76.7 Å². The first-order chi connectivity index (χ1) is 18.1. The highest BCUT2D eigenvalue weighted by Crippen LogP contribution is 2.25. The minimum absolute atomic E-state index is 0.0216. The van der Waals surface area contributed by atoms with E-state index in [1.54, 1.807) is 6.20 Å². The van der Waals surface area contributed by atoms with Crippen LogP contribution in [0.4, 0.5) is 0 Å². The normalized spacial score (nSPS) is 19.9. The van der Waals surface area contributed by atoms with Crippen LogP contribution in [-0.2, 0) is 6.42 Å². The van der Waals surface area contributed by atoms with E-state index in [0.717, 1.165) is 71.7 Å². The van der Waals surface area contributed by atoms with E-state index >= 15 is 0 Å². The molecular weight excluding hydrogens is 462 g/mol. The van der Waals surface area contributed by atoms with Crippen molar-refractivity contribution in [2.24, 2.45) is 0 Å². The Labute approximate surface area is 217 Å². The van der Waals surface area contributed by atoms with Crippen molar-refractivity contribution >= 4 is 24.0 Å². The molecule has 3 aliphatic rings. The molecule has 2 fully saturated rings. The molecule has 2 aromatic heterocycles. The van der Waals surface area contributed by atoms with Gasteiger partial charge in [0.1, 0.15) is 0 Å². The summed E-state index contributed by atoms with van der Waals surface area (Å²) in [5.41, 5.74) is 6.23. The van der Waals surface area contributed by atoms with E-state index in [-0.39, 0.29) is 11.8 Å². The lowest BCUT2D eigenvalue weighted by Crippen LogP contribution is -2.42. The molecule has 3 aromatic rings. The Balaban J connectivity index is 1.12. The molecule has 2 amide bonds. The summed E-state index contributed by atoms with van der Waals surface area (Å²) in [6.45, 7) is 4.87. The summed E-state index contributed by atoms with van der Waals surface area (Å²) < 4.78 is 0. The quantitative estimate of drug-likeness (QED) is 0.536. The first kappa shape index (κ1) is 23.7. The van der Waals surface area contributed by atoms with Crippen LogP contribution in [0.3, 0.4) is 0 Å². The van der Waals surface area contributed by atoms with Crippen molar-refractivity contribution in [1.82, 2.24) is 25.1 Å². The largest absolute Gasteiger partial charge is 0.358 e. The van der Waals surface area contributed by atoms with Crippen LogP contribution in [0.2, 0.25) is 0 Å². The molecule has 1 aromatic carbocycles. The van der Waals surface area contributed by atoms with E-state index in [1.807, 2.05) is 54.6 Å². The van der Waals surface area contributed by atoms with Gasteiger partial charge in [0.05, 0.1) is 11.3 Å². The number of benzene rings is 1. The molecule has 3 aliphatic heterocycles. The number of pyridine rings is 1. The molecule has 0 spiro atoms. The van der Waals surface area contributed by atoms with Gasteiger partial charge in [0.25, 0.3) is 11.8 Å². The standard InChI is InChI=1S/C30H33N5O2/c36-29-26-19-28(33-27(26)12-14-32-29)23-11-13-31-24(18-23)10-7-21-5-8-22(9-6-21)30(37)35-17-3-4-25(35)20-34-15-1-2-16-34/h5-11,13,18-19,25,33H,1-4,12,14-17,20H2,(H,32,36)/b10-7-/t25-/m1/s1. The molecule has 7 heteroatoms. The van der Waals surface area contributed by atoms with Crippen LogP contribution >= 0.6 is 0 Å². The first-order valence-electron chi connectivity index (χ1n) is 13.4. The number of nitrogens with one attached hydrogen (secondary N) is 2.